The van der Waals surface area contributed by atoms with Gasteiger partial charge in [-0.2, -0.15) is 0 Å². The molecule has 84 valence electrons. The molecule has 0 saturated heterocycles. The first kappa shape index (κ1) is 12.2. The van der Waals surface area contributed by atoms with Gasteiger partial charge in [0.1, 0.15) is 5.82 Å². The van der Waals surface area contributed by atoms with Crippen LogP contribution in [0.4, 0.5) is 4.39 Å². The van der Waals surface area contributed by atoms with Crippen LogP contribution >= 0.6 is 0 Å². The van der Waals surface area contributed by atoms with Crippen LogP contribution in [0.3, 0.4) is 0 Å². The summed E-state index contributed by atoms with van der Waals surface area (Å²) in [6, 6.07) is 5.71. The van der Waals surface area contributed by atoms with E-state index in [1.54, 1.807) is 0 Å². The van der Waals surface area contributed by atoms with Gasteiger partial charge in [0.05, 0.1) is 0 Å². The minimum Gasteiger partial charge on any atom is -0.206 e. The van der Waals surface area contributed by atoms with Crippen molar-refractivity contribution in [2.75, 3.05) is 0 Å². The first-order valence-corrected chi connectivity index (χ1v) is 5.43. The molecular weight excluding hydrogens is 187 g/mol. The zero-order valence-electron chi connectivity index (χ0n) is 10.6. The molecule has 0 fully saturated rings. The van der Waals surface area contributed by atoms with Gasteiger partial charge in [-0.25, -0.2) is 4.39 Å². The van der Waals surface area contributed by atoms with Crippen LogP contribution in [0.15, 0.2) is 18.2 Å². The van der Waals surface area contributed by atoms with Crippen LogP contribution in [0.5, 0.6) is 0 Å². The molecule has 1 aromatic carbocycles. The second-order valence-corrected chi connectivity index (χ2v) is 6.17. The zero-order valence-corrected chi connectivity index (χ0v) is 10.6. The molecule has 1 heteroatoms. The number of benzene rings is 1. The summed E-state index contributed by atoms with van der Waals surface area (Å²) in [6.07, 6.45) is 0. The highest BCUT2D eigenvalue weighted by Gasteiger charge is 2.25. The number of hydrogen-bond acceptors (Lipinski definition) is 0. The van der Waals surface area contributed by atoms with Crippen molar-refractivity contribution in [2.24, 2.45) is 0 Å². The lowest BCUT2D eigenvalue weighted by Gasteiger charge is -2.26. The molecule has 1 rings (SSSR count). The van der Waals surface area contributed by atoms with E-state index in [-0.39, 0.29) is 16.6 Å². The molecule has 1 aromatic rings. The Bertz CT molecular complexity index is 318. The highest BCUT2D eigenvalue weighted by molar-refractivity contribution is 5.34. The van der Waals surface area contributed by atoms with Gasteiger partial charge in [-0.3, -0.25) is 0 Å². The summed E-state index contributed by atoms with van der Waals surface area (Å²) < 4.78 is 14.3. The van der Waals surface area contributed by atoms with Crippen molar-refractivity contribution in [3.63, 3.8) is 0 Å². The molecule has 0 saturated carbocycles. The minimum absolute atomic E-state index is 0.0440. The molecule has 0 aliphatic carbocycles. The topological polar surface area (TPSA) is 0 Å². The average molecular weight is 208 g/mol. The van der Waals surface area contributed by atoms with Gasteiger partial charge in [0.25, 0.3) is 0 Å². The zero-order chi connectivity index (χ0) is 11.9. The minimum atomic E-state index is -0.134. The Kier molecular flexibility index (Phi) is 2.95. The van der Waals surface area contributed by atoms with Crippen LogP contribution in [-0.4, -0.2) is 0 Å². The molecule has 0 aromatic heterocycles. The van der Waals surface area contributed by atoms with Crippen molar-refractivity contribution in [3.05, 3.63) is 35.1 Å². The average Bonchev–Trinajstić information content (AvgIpc) is 1.99. The highest BCUT2D eigenvalue weighted by Crippen LogP contribution is 2.32. The van der Waals surface area contributed by atoms with E-state index in [0.717, 1.165) is 11.1 Å². The lowest BCUT2D eigenvalue weighted by Crippen LogP contribution is -2.19. The van der Waals surface area contributed by atoms with Crippen molar-refractivity contribution in [3.8, 4) is 0 Å². The van der Waals surface area contributed by atoms with E-state index in [9.17, 15) is 4.39 Å². The smallest absolute Gasteiger partial charge is 0.130 e. The van der Waals surface area contributed by atoms with Gasteiger partial charge in [0.15, 0.2) is 0 Å². The largest absolute Gasteiger partial charge is 0.206 e. The third kappa shape index (κ3) is 2.58. The highest BCUT2D eigenvalue weighted by atomic mass is 19.1. The van der Waals surface area contributed by atoms with Crippen molar-refractivity contribution >= 4 is 0 Å². The summed E-state index contributed by atoms with van der Waals surface area (Å²) in [7, 11) is 0. The van der Waals surface area contributed by atoms with E-state index in [2.05, 4.69) is 0 Å². The second kappa shape index (κ2) is 3.62. The number of rotatable bonds is 0. The number of halogens is 1. The maximum Gasteiger partial charge on any atom is 0.130 e. The summed E-state index contributed by atoms with van der Waals surface area (Å²) >= 11 is 0. The predicted octanol–water partition coefficient (Wildman–Crippen LogP) is 4.42. The van der Waals surface area contributed by atoms with Gasteiger partial charge in [0, 0.05) is 0 Å². The molecule has 0 amide bonds. The van der Waals surface area contributed by atoms with Crippen molar-refractivity contribution in [1.29, 1.82) is 0 Å². The van der Waals surface area contributed by atoms with Gasteiger partial charge in [-0.05, 0) is 22.0 Å². The Labute approximate surface area is 92.5 Å². The molecule has 0 radical (unpaired) electrons. The molecule has 0 heterocycles. The number of hydrogen-bond donors (Lipinski definition) is 0. The third-order valence-electron chi connectivity index (χ3n) is 2.61. The Morgan fingerprint density at radius 3 is 1.40 bits per heavy atom. The Morgan fingerprint density at radius 1 is 0.800 bits per heavy atom. The van der Waals surface area contributed by atoms with Crippen LogP contribution in [0.25, 0.3) is 0 Å². The quantitative estimate of drug-likeness (QED) is 0.592. The first-order valence-electron chi connectivity index (χ1n) is 5.43. The van der Waals surface area contributed by atoms with Crippen LogP contribution in [0.2, 0.25) is 0 Å². The van der Waals surface area contributed by atoms with E-state index >= 15 is 0 Å². The molecular formula is C14H21F. The summed E-state index contributed by atoms with van der Waals surface area (Å²) in [6.45, 7) is 12.2. The van der Waals surface area contributed by atoms with Gasteiger partial charge in [-0.1, -0.05) is 59.7 Å². The molecule has 15 heavy (non-hydrogen) atoms. The molecule has 0 unspecified atom stereocenters. The fraction of sp³-hybridized carbons (Fsp3) is 0.571. The van der Waals surface area contributed by atoms with Gasteiger partial charge < -0.3 is 0 Å². The van der Waals surface area contributed by atoms with Crippen LogP contribution in [0, 0.1) is 5.82 Å². The molecule has 0 aliphatic heterocycles. The fourth-order valence-electron chi connectivity index (χ4n) is 1.69. The van der Waals surface area contributed by atoms with E-state index in [1.165, 1.54) is 0 Å². The maximum atomic E-state index is 14.3. The summed E-state index contributed by atoms with van der Waals surface area (Å²) in [5.74, 6) is -0.0440. The SMILES string of the molecule is CC(C)(C)c1cccc(C(C)(C)C)c1F. The Balaban J connectivity index is 3.37. The first-order chi connectivity index (χ1) is 6.64. The summed E-state index contributed by atoms with van der Waals surface area (Å²) in [5.41, 5.74) is 1.33. The normalized spacial score (nSPS) is 13.0. The van der Waals surface area contributed by atoms with Gasteiger partial charge in [-0.15, -0.1) is 0 Å². The van der Waals surface area contributed by atoms with E-state index in [1.807, 2.05) is 59.7 Å². The molecule has 0 bridgehead atoms. The van der Waals surface area contributed by atoms with Crippen molar-refractivity contribution < 1.29 is 4.39 Å². The Morgan fingerprint density at radius 2 is 1.13 bits per heavy atom. The van der Waals surface area contributed by atoms with Gasteiger partial charge >= 0.3 is 0 Å². The monoisotopic (exact) mass is 208 g/mol. The molecule has 0 aliphatic rings. The lowest BCUT2D eigenvalue weighted by molar-refractivity contribution is 0.481. The maximum absolute atomic E-state index is 14.3. The van der Waals surface area contributed by atoms with Crippen LogP contribution < -0.4 is 0 Å². The van der Waals surface area contributed by atoms with Gasteiger partial charge in [0.2, 0.25) is 0 Å². The predicted molar refractivity (Wildman–Crippen MR) is 63.8 cm³/mol. The molecule has 0 nitrogen and oxygen atoms in total. The summed E-state index contributed by atoms with van der Waals surface area (Å²) in [4.78, 5) is 0. The van der Waals surface area contributed by atoms with Crippen LogP contribution in [-0.2, 0) is 10.8 Å². The fourth-order valence-corrected chi connectivity index (χ4v) is 1.69. The Hall–Kier alpha value is -0.850. The van der Waals surface area contributed by atoms with E-state index in [4.69, 9.17) is 0 Å². The van der Waals surface area contributed by atoms with E-state index < -0.39 is 0 Å². The van der Waals surface area contributed by atoms with E-state index in [0.29, 0.717) is 0 Å². The molecule has 0 N–H and O–H groups in total. The molecule has 0 atom stereocenters. The second-order valence-electron chi connectivity index (χ2n) is 6.17. The molecule has 0 spiro atoms. The van der Waals surface area contributed by atoms with Crippen molar-refractivity contribution in [1.82, 2.24) is 0 Å². The standard InChI is InChI=1S/C14H21F/c1-13(2,3)10-8-7-9-11(12(10)15)14(4,5)6/h7-9H,1-6H3. The summed E-state index contributed by atoms with van der Waals surface area (Å²) in [5, 5.41) is 0. The lowest BCUT2D eigenvalue weighted by atomic mass is 9.80. The van der Waals surface area contributed by atoms with Crippen molar-refractivity contribution in [2.45, 2.75) is 52.4 Å². The van der Waals surface area contributed by atoms with Crippen LogP contribution in [0.1, 0.15) is 52.7 Å². The third-order valence-corrected chi connectivity index (χ3v) is 2.61.